The lowest BCUT2D eigenvalue weighted by Gasteiger charge is -2.27. The first-order chi connectivity index (χ1) is 20.2. The third kappa shape index (κ3) is 12.7. The monoisotopic (exact) mass is 599 g/mol. The largest absolute Gasteiger partial charge is 0.489 e. The van der Waals surface area contributed by atoms with Crippen LogP contribution >= 0.6 is 0 Å². The van der Waals surface area contributed by atoms with E-state index < -0.39 is 53.7 Å². The van der Waals surface area contributed by atoms with Gasteiger partial charge in [0.2, 0.25) is 11.8 Å². The Morgan fingerprint density at radius 2 is 1.42 bits per heavy atom. The average molecular weight is 600 g/mol. The van der Waals surface area contributed by atoms with Crippen molar-refractivity contribution in [2.45, 2.75) is 90.8 Å². The maximum absolute atomic E-state index is 13.4. The Hall–Kier alpha value is -4.12. The van der Waals surface area contributed by atoms with Gasteiger partial charge in [0, 0.05) is 6.42 Å². The molecule has 0 aromatic heterocycles. The highest BCUT2D eigenvalue weighted by atomic mass is 16.6. The van der Waals surface area contributed by atoms with Crippen LogP contribution in [0, 0.1) is 5.92 Å². The minimum atomic E-state index is -1.35. The molecule has 0 radical (unpaired) electrons. The minimum Gasteiger partial charge on any atom is -0.489 e. The van der Waals surface area contributed by atoms with E-state index >= 15 is 0 Å². The van der Waals surface area contributed by atoms with E-state index in [9.17, 15) is 24.3 Å². The first-order valence-electron chi connectivity index (χ1n) is 14.3. The van der Waals surface area contributed by atoms with Crippen LogP contribution < -0.4 is 20.7 Å². The van der Waals surface area contributed by atoms with Gasteiger partial charge in [0.15, 0.2) is 6.04 Å². The summed E-state index contributed by atoms with van der Waals surface area (Å²) >= 11 is 0. The van der Waals surface area contributed by atoms with E-state index in [4.69, 9.17) is 14.2 Å². The molecule has 0 spiro atoms. The summed E-state index contributed by atoms with van der Waals surface area (Å²) in [6.45, 7) is 10.6. The van der Waals surface area contributed by atoms with E-state index in [-0.39, 0.29) is 18.8 Å². The molecular weight excluding hydrogens is 554 g/mol. The zero-order valence-corrected chi connectivity index (χ0v) is 26.0. The molecule has 3 amide bonds. The molecule has 0 aliphatic heterocycles. The smallest absolute Gasteiger partial charge is 0.408 e. The number of amides is 3. The van der Waals surface area contributed by atoms with Gasteiger partial charge in [-0.3, -0.25) is 9.59 Å². The normalized spacial score (nSPS) is 14.1. The number of aliphatic hydroxyl groups excluding tert-OH is 1. The molecule has 0 bridgehead atoms. The molecule has 2 rings (SSSR count). The number of rotatable bonds is 14. The van der Waals surface area contributed by atoms with Crippen molar-refractivity contribution in [3.05, 3.63) is 65.7 Å². The summed E-state index contributed by atoms with van der Waals surface area (Å²) in [7, 11) is 1.14. The molecule has 4 N–H and O–H groups in total. The Bertz CT molecular complexity index is 1190. The molecule has 0 aliphatic rings. The summed E-state index contributed by atoms with van der Waals surface area (Å²) in [5.74, 6) is -1.50. The molecule has 236 valence electrons. The summed E-state index contributed by atoms with van der Waals surface area (Å²) in [4.78, 5) is 51.5. The highest BCUT2D eigenvalue weighted by Gasteiger charge is 2.33. The van der Waals surface area contributed by atoms with Crippen LogP contribution in [0.2, 0.25) is 0 Å². The number of benzene rings is 2. The predicted molar refractivity (Wildman–Crippen MR) is 161 cm³/mol. The summed E-state index contributed by atoms with van der Waals surface area (Å²) in [6, 6.07) is 13.2. The molecular formula is C32H45N3O8. The fraction of sp³-hybridized carbons (Fsp3) is 0.500. The number of esters is 1. The number of aliphatic hydroxyl groups is 1. The number of ether oxygens (including phenoxy) is 3. The van der Waals surface area contributed by atoms with Gasteiger partial charge in [0.1, 0.15) is 30.0 Å². The predicted octanol–water partition coefficient (Wildman–Crippen LogP) is 3.27. The Kier molecular flexibility index (Phi) is 13.5. The number of hydrogen-bond acceptors (Lipinski definition) is 8. The van der Waals surface area contributed by atoms with Gasteiger partial charge in [-0.2, -0.15) is 0 Å². The van der Waals surface area contributed by atoms with Crippen molar-refractivity contribution in [2.24, 2.45) is 5.92 Å². The second-order valence-electron chi connectivity index (χ2n) is 11.8. The van der Waals surface area contributed by atoms with Gasteiger partial charge in [-0.05, 0) is 63.3 Å². The maximum Gasteiger partial charge on any atom is 0.408 e. The molecule has 2 aromatic carbocycles. The highest BCUT2D eigenvalue weighted by molar-refractivity contribution is 5.93. The van der Waals surface area contributed by atoms with E-state index in [0.29, 0.717) is 17.9 Å². The van der Waals surface area contributed by atoms with E-state index in [1.807, 2.05) is 44.2 Å². The van der Waals surface area contributed by atoms with Crippen LogP contribution in [-0.4, -0.2) is 65.9 Å². The van der Waals surface area contributed by atoms with Crippen LogP contribution in [0.5, 0.6) is 5.75 Å². The van der Waals surface area contributed by atoms with E-state index in [0.717, 1.165) is 12.7 Å². The molecule has 0 saturated carbocycles. The molecule has 0 fully saturated rings. The second kappa shape index (κ2) is 16.5. The van der Waals surface area contributed by atoms with Crippen LogP contribution in [0.1, 0.15) is 59.1 Å². The molecule has 43 heavy (non-hydrogen) atoms. The Balaban J connectivity index is 2.25. The molecule has 0 unspecified atom stereocenters. The lowest BCUT2D eigenvalue weighted by Crippen LogP contribution is -2.58. The molecule has 0 aliphatic carbocycles. The third-order valence-electron chi connectivity index (χ3n) is 6.19. The highest BCUT2D eigenvalue weighted by Crippen LogP contribution is 2.16. The number of carbonyl (C=O) groups excluding carboxylic acids is 4. The van der Waals surface area contributed by atoms with E-state index in [2.05, 4.69) is 16.0 Å². The van der Waals surface area contributed by atoms with Gasteiger partial charge in [0.05, 0.1) is 13.2 Å². The lowest BCUT2D eigenvalue weighted by atomic mass is 10.0. The third-order valence-corrected chi connectivity index (χ3v) is 6.19. The number of hydrogen-bond donors (Lipinski definition) is 4. The van der Waals surface area contributed by atoms with Crippen LogP contribution in [0.3, 0.4) is 0 Å². The molecule has 11 heteroatoms. The number of carbonyl (C=O) groups is 4. The molecule has 4 atom stereocenters. The van der Waals surface area contributed by atoms with Crippen LogP contribution in [0.4, 0.5) is 4.79 Å². The van der Waals surface area contributed by atoms with Gasteiger partial charge in [-0.15, -0.1) is 0 Å². The maximum atomic E-state index is 13.4. The fourth-order valence-electron chi connectivity index (χ4n) is 4.09. The van der Waals surface area contributed by atoms with Crippen molar-refractivity contribution in [1.29, 1.82) is 0 Å². The standard InChI is InChI=1S/C32H45N3O8/c1-20(2)17-25(34-31(40)43-32(4,5)6)28(37)33-26(29(38)35-27(21(3)36)30(39)41-7)18-22-13-15-24(16-14-22)42-19-23-11-9-8-10-12-23/h8-16,20-21,25-27,36H,17-19H2,1-7H3,(H,33,37)(H,34,40)(H,35,38)/t21-,25-,26-,27+/m0/s1. The van der Waals surface area contributed by atoms with E-state index in [1.165, 1.54) is 6.92 Å². The van der Waals surface area contributed by atoms with Gasteiger partial charge in [-0.1, -0.05) is 56.3 Å². The molecule has 2 aromatic rings. The molecule has 11 nitrogen and oxygen atoms in total. The van der Waals surface area contributed by atoms with Gasteiger partial charge in [0.25, 0.3) is 0 Å². The topological polar surface area (TPSA) is 152 Å². The second-order valence-corrected chi connectivity index (χ2v) is 11.8. The molecule has 0 heterocycles. The zero-order chi connectivity index (χ0) is 32.2. The molecule has 0 saturated heterocycles. The van der Waals surface area contributed by atoms with Crippen LogP contribution in [0.15, 0.2) is 54.6 Å². The number of methoxy groups -OCH3 is 1. The van der Waals surface area contributed by atoms with Crippen molar-refractivity contribution < 1.29 is 38.5 Å². The summed E-state index contributed by atoms with van der Waals surface area (Å²) in [6.07, 6.45) is -1.69. The number of nitrogens with one attached hydrogen (secondary N) is 3. The van der Waals surface area contributed by atoms with Crippen molar-refractivity contribution >= 4 is 23.9 Å². The average Bonchev–Trinajstić information content (AvgIpc) is 2.93. The van der Waals surface area contributed by atoms with E-state index in [1.54, 1.807) is 45.0 Å². The summed E-state index contributed by atoms with van der Waals surface area (Å²) in [5, 5.41) is 17.9. The Morgan fingerprint density at radius 3 is 1.95 bits per heavy atom. The van der Waals surface area contributed by atoms with Gasteiger partial charge < -0.3 is 35.3 Å². The lowest BCUT2D eigenvalue weighted by molar-refractivity contribution is -0.148. The SMILES string of the molecule is COC(=O)[C@H](NC(=O)[C@H](Cc1ccc(OCc2ccccc2)cc1)NC(=O)[C@H](CC(C)C)NC(=O)OC(C)(C)C)[C@H](C)O. The summed E-state index contributed by atoms with van der Waals surface area (Å²) in [5.41, 5.74) is 0.937. The quantitative estimate of drug-likeness (QED) is 0.242. The minimum absolute atomic E-state index is 0.0281. The van der Waals surface area contributed by atoms with Crippen molar-refractivity contribution in [2.75, 3.05) is 7.11 Å². The van der Waals surface area contributed by atoms with Gasteiger partial charge >= 0.3 is 12.1 Å². The Morgan fingerprint density at radius 1 is 0.814 bits per heavy atom. The zero-order valence-electron chi connectivity index (χ0n) is 26.0. The summed E-state index contributed by atoms with van der Waals surface area (Å²) < 4.78 is 15.9. The van der Waals surface area contributed by atoms with Crippen LogP contribution in [0.25, 0.3) is 0 Å². The number of alkyl carbamates (subject to hydrolysis) is 1. The van der Waals surface area contributed by atoms with Crippen molar-refractivity contribution in [3.63, 3.8) is 0 Å². The first kappa shape index (κ1) is 35.1. The first-order valence-corrected chi connectivity index (χ1v) is 14.3. The van der Waals surface area contributed by atoms with Crippen LogP contribution in [-0.2, 0) is 36.9 Å². The Labute approximate surface area is 253 Å². The van der Waals surface area contributed by atoms with Crippen molar-refractivity contribution in [3.8, 4) is 5.75 Å². The van der Waals surface area contributed by atoms with Crippen molar-refractivity contribution in [1.82, 2.24) is 16.0 Å². The fourth-order valence-corrected chi connectivity index (χ4v) is 4.09. The van der Waals surface area contributed by atoms with Gasteiger partial charge in [-0.25, -0.2) is 9.59 Å².